The van der Waals surface area contributed by atoms with Crippen molar-refractivity contribution >= 4 is 50.7 Å². The Morgan fingerprint density at radius 1 is 0.944 bits per heavy atom. The van der Waals surface area contributed by atoms with E-state index in [2.05, 4.69) is 5.32 Å². The highest BCUT2D eigenvalue weighted by Crippen LogP contribution is 2.35. The van der Waals surface area contributed by atoms with Gasteiger partial charge < -0.3 is 10.2 Å². The molecule has 0 aliphatic heterocycles. The number of sulfonamides is 1. The zero-order chi connectivity index (χ0) is 26.5. The van der Waals surface area contributed by atoms with Gasteiger partial charge in [0.05, 0.1) is 20.6 Å². The second kappa shape index (κ2) is 11.8. The van der Waals surface area contributed by atoms with E-state index in [1.165, 1.54) is 36.2 Å². The number of rotatable bonds is 9. The second-order valence-electron chi connectivity index (χ2n) is 8.20. The molecule has 0 aliphatic carbocycles. The van der Waals surface area contributed by atoms with E-state index >= 15 is 0 Å². The van der Waals surface area contributed by atoms with Gasteiger partial charge >= 0.3 is 0 Å². The molecule has 0 aromatic heterocycles. The third kappa shape index (κ3) is 6.19. The Labute approximate surface area is 221 Å². The Bertz CT molecular complexity index is 1330. The number of benzene rings is 3. The fourth-order valence-corrected chi connectivity index (χ4v) is 5.48. The first kappa shape index (κ1) is 27.5. The summed E-state index contributed by atoms with van der Waals surface area (Å²) < 4.78 is 28.4. The van der Waals surface area contributed by atoms with E-state index in [9.17, 15) is 18.0 Å². The fraction of sp³-hybridized carbons (Fsp3) is 0.231. The average molecular weight is 548 g/mol. The van der Waals surface area contributed by atoms with Crippen LogP contribution < -0.4 is 9.62 Å². The maximum atomic E-state index is 13.8. The number of nitrogens with one attached hydrogen (secondary N) is 1. The van der Waals surface area contributed by atoms with Crippen molar-refractivity contribution in [3.8, 4) is 0 Å². The third-order valence-corrected chi connectivity index (χ3v) is 8.28. The average Bonchev–Trinajstić information content (AvgIpc) is 2.87. The van der Waals surface area contributed by atoms with Crippen LogP contribution in [-0.2, 0) is 26.2 Å². The molecule has 0 saturated carbocycles. The zero-order valence-electron chi connectivity index (χ0n) is 20.1. The Morgan fingerprint density at radius 2 is 1.58 bits per heavy atom. The summed E-state index contributed by atoms with van der Waals surface area (Å²) in [6, 6.07) is 19.1. The lowest BCUT2D eigenvalue weighted by Crippen LogP contribution is -2.50. The highest BCUT2D eigenvalue weighted by molar-refractivity contribution is 7.92. The van der Waals surface area contributed by atoms with E-state index in [-0.39, 0.29) is 33.1 Å². The fourth-order valence-electron chi connectivity index (χ4n) is 3.61. The Morgan fingerprint density at radius 3 is 2.19 bits per heavy atom. The molecule has 3 aromatic carbocycles. The Balaban J connectivity index is 2.07. The number of anilines is 1. The molecule has 0 saturated heterocycles. The Hall–Kier alpha value is -3.07. The van der Waals surface area contributed by atoms with Crippen LogP contribution in [0.1, 0.15) is 18.1 Å². The lowest BCUT2D eigenvalue weighted by atomic mass is 10.1. The maximum absolute atomic E-state index is 13.8. The quantitative estimate of drug-likeness (QED) is 0.422. The van der Waals surface area contributed by atoms with Crippen LogP contribution in [-0.4, -0.2) is 44.8 Å². The monoisotopic (exact) mass is 547 g/mol. The van der Waals surface area contributed by atoms with Gasteiger partial charge in [-0.15, -0.1) is 0 Å². The largest absolute Gasteiger partial charge is 0.357 e. The van der Waals surface area contributed by atoms with Crippen LogP contribution in [0.5, 0.6) is 0 Å². The minimum Gasteiger partial charge on any atom is -0.357 e. The van der Waals surface area contributed by atoms with Crippen LogP contribution >= 0.6 is 23.2 Å². The van der Waals surface area contributed by atoms with Crippen molar-refractivity contribution in [1.82, 2.24) is 10.2 Å². The topological polar surface area (TPSA) is 86.8 Å². The molecule has 0 spiro atoms. The van der Waals surface area contributed by atoms with Crippen LogP contribution in [0.3, 0.4) is 0 Å². The van der Waals surface area contributed by atoms with Crippen LogP contribution in [0.2, 0.25) is 10.0 Å². The number of carbonyl (C=O) groups excluding carboxylic acids is 2. The van der Waals surface area contributed by atoms with Gasteiger partial charge in [0, 0.05) is 13.6 Å². The molecule has 0 aliphatic rings. The van der Waals surface area contributed by atoms with Gasteiger partial charge in [-0.25, -0.2) is 8.42 Å². The molecule has 7 nitrogen and oxygen atoms in total. The molecule has 190 valence electrons. The number of aryl methyl sites for hydroxylation is 1. The van der Waals surface area contributed by atoms with Gasteiger partial charge in [-0.3, -0.25) is 13.9 Å². The first-order valence-corrected chi connectivity index (χ1v) is 13.3. The third-order valence-electron chi connectivity index (χ3n) is 5.70. The first-order valence-electron chi connectivity index (χ1n) is 11.1. The van der Waals surface area contributed by atoms with Crippen molar-refractivity contribution in [1.29, 1.82) is 0 Å². The molecule has 0 bridgehead atoms. The van der Waals surface area contributed by atoms with Gasteiger partial charge in [0.2, 0.25) is 11.8 Å². The maximum Gasteiger partial charge on any atom is 0.264 e. The molecule has 0 heterocycles. The predicted octanol–water partition coefficient (Wildman–Crippen LogP) is 4.66. The molecular formula is C26H27Cl2N3O4S. The van der Waals surface area contributed by atoms with Gasteiger partial charge in [-0.1, -0.05) is 77.3 Å². The summed E-state index contributed by atoms with van der Waals surface area (Å²) in [6.45, 7) is 2.94. The summed E-state index contributed by atoms with van der Waals surface area (Å²) in [7, 11) is -2.74. The summed E-state index contributed by atoms with van der Waals surface area (Å²) in [5.41, 5.74) is 1.73. The minimum absolute atomic E-state index is 0.00314. The van der Waals surface area contributed by atoms with E-state index in [0.717, 1.165) is 15.4 Å². The standard InChI is InChI=1S/C26H27Cl2N3O4S/c1-18-12-14-21(15-13-18)36(34,35)31(23-11-7-10-22(27)25(23)28)17-24(32)30(19(2)26(33)29-3)16-20-8-5-4-6-9-20/h4-15,19H,16-17H2,1-3H3,(H,29,33)/t19-/m1/s1. The van der Waals surface area contributed by atoms with E-state index in [1.807, 2.05) is 37.3 Å². The van der Waals surface area contributed by atoms with Crippen LogP contribution in [0.15, 0.2) is 77.7 Å². The molecule has 1 N–H and O–H groups in total. The van der Waals surface area contributed by atoms with E-state index in [0.29, 0.717) is 0 Å². The van der Waals surface area contributed by atoms with Gasteiger partial charge in [0.25, 0.3) is 10.0 Å². The molecular weight excluding hydrogens is 521 g/mol. The van der Waals surface area contributed by atoms with E-state index in [4.69, 9.17) is 23.2 Å². The molecule has 10 heteroatoms. The summed E-state index contributed by atoms with van der Waals surface area (Å²) in [6.07, 6.45) is 0. The summed E-state index contributed by atoms with van der Waals surface area (Å²) in [4.78, 5) is 27.5. The van der Waals surface area contributed by atoms with Crippen LogP contribution in [0, 0.1) is 6.92 Å². The molecule has 1 atom stereocenters. The summed E-state index contributed by atoms with van der Waals surface area (Å²) in [5.74, 6) is -0.963. The number of nitrogens with zero attached hydrogens (tertiary/aromatic N) is 2. The van der Waals surface area contributed by atoms with E-state index in [1.54, 1.807) is 25.1 Å². The SMILES string of the molecule is CNC(=O)[C@@H](C)N(Cc1ccccc1)C(=O)CN(c1cccc(Cl)c1Cl)S(=O)(=O)c1ccc(C)cc1. The molecule has 3 aromatic rings. The van der Waals surface area contributed by atoms with Crippen molar-refractivity contribution in [2.45, 2.75) is 31.3 Å². The molecule has 0 radical (unpaired) electrons. The first-order chi connectivity index (χ1) is 17.1. The van der Waals surface area contributed by atoms with Crippen LogP contribution in [0.4, 0.5) is 5.69 Å². The minimum atomic E-state index is -4.22. The normalized spacial score (nSPS) is 12.0. The molecule has 0 fully saturated rings. The van der Waals surface area contributed by atoms with Gasteiger partial charge in [-0.2, -0.15) is 0 Å². The van der Waals surface area contributed by atoms with Crippen molar-refractivity contribution in [2.24, 2.45) is 0 Å². The van der Waals surface area contributed by atoms with E-state index < -0.39 is 28.5 Å². The van der Waals surface area contributed by atoms with Gasteiger partial charge in [0.15, 0.2) is 0 Å². The highest BCUT2D eigenvalue weighted by Gasteiger charge is 2.33. The number of amides is 2. The van der Waals surface area contributed by atoms with Gasteiger partial charge in [0.1, 0.15) is 12.6 Å². The van der Waals surface area contributed by atoms with Crippen molar-refractivity contribution in [2.75, 3.05) is 17.9 Å². The smallest absolute Gasteiger partial charge is 0.264 e. The van der Waals surface area contributed by atoms with Crippen molar-refractivity contribution in [3.05, 3.63) is 94.0 Å². The Kier molecular flexibility index (Phi) is 9.00. The molecule has 0 unspecified atom stereocenters. The predicted molar refractivity (Wildman–Crippen MR) is 143 cm³/mol. The number of carbonyl (C=O) groups is 2. The summed E-state index contributed by atoms with van der Waals surface area (Å²) in [5, 5.41) is 2.69. The van der Waals surface area contributed by atoms with Crippen molar-refractivity contribution in [3.63, 3.8) is 0 Å². The number of halogens is 2. The number of likely N-dealkylation sites (N-methyl/N-ethyl adjacent to an activating group) is 1. The van der Waals surface area contributed by atoms with Crippen LogP contribution in [0.25, 0.3) is 0 Å². The summed E-state index contributed by atoms with van der Waals surface area (Å²) >= 11 is 12.6. The number of hydrogen-bond acceptors (Lipinski definition) is 4. The molecule has 3 rings (SSSR count). The van der Waals surface area contributed by atoms with Crippen molar-refractivity contribution < 1.29 is 18.0 Å². The lowest BCUT2D eigenvalue weighted by Gasteiger charge is -2.32. The molecule has 2 amide bonds. The second-order valence-corrected chi connectivity index (χ2v) is 10.8. The van der Waals surface area contributed by atoms with Gasteiger partial charge in [-0.05, 0) is 43.7 Å². The zero-order valence-corrected chi connectivity index (χ0v) is 22.4. The highest BCUT2D eigenvalue weighted by atomic mass is 35.5. The number of hydrogen-bond donors (Lipinski definition) is 1. The lowest BCUT2D eigenvalue weighted by molar-refractivity contribution is -0.139. The molecule has 36 heavy (non-hydrogen) atoms.